The fourth-order valence-electron chi connectivity index (χ4n) is 9.30. The second-order valence-corrected chi connectivity index (χ2v) is 12.9. The molecule has 1 heterocycles. The molecule has 0 aromatic carbocycles. The van der Waals surface area contributed by atoms with Crippen LogP contribution in [0.15, 0.2) is 12.2 Å². The molecule has 3 unspecified atom stereocenters. The van der Waals surface area contributed by atoms with Crippen LogP contribution in [0.25, 0.3) is 0 Å². The third-order valence-corrected chi connectivity index (χ3v) is 10.9. The summed E-state index contributed by atoms with van der Waals surface area (Å²) in [6.07, 6.45) is -5.18. The molecule has 1 saturated heterocycles. The van der Waals surface area contributed by atoms with Gasteiger partial charge in [-0.1, -0.05) is 27.4 Å². The largest absolute Gasteiger partial charge is 0.394 e. The Balaban J connectivity index is 1.41. The van der Waals surface area contributed by atoms with Crippen molar-refractivity contribution in [2.75, 3.05) is 6.61 Å². The molecule has 4 saturated carbocycles. The molecule has 4 aliphatic carbocycles. The van der Waals surface area contributed by atoms with Crippen molar-refractivity contribution in [2.24, 2.45) is 28.1 Å². The number of hydrogen-bond donors (Lipinski definition) is 7. The second kappa shape index (κ2) is 8.19. The van der Waals surface area contributed by atoms with Gasteiger partial charge in [0.15, 0.2) is 6.29 Å². The quantitative estimate of drug-likeness (QED) is 0.207. The Morgan fingerprint density at radius 3 is 2.34 bits per heavy atom. The average Bonchev–Trinajstić information content (AvgIpc) is 2.92. The van der Waals surface area contributed by atoms with Gasteiger partial charge in [0, 0.05) is 11.8 Å². The van der Waals surface area contributed by atoms with E-state index in [1.807, 2.05) is 0 Å². The normalized spacial score (nSPS) is 57.5. The van der Waals surface area contributed by atoms with E-state index in [9.17, 15) is 35.7 Å². The van der Waals surface area contributed by atoms with Crippen LogP contribution in [-0.4, -0.2) is 97.0 Å². The number of rotatable bonds is 3. The predicted molar refractivity (Wildman–Crippen MR) is 124 cm³/mol. The molecule has 0 radical (unpaired) electrons. The fraction of sp³-hybridized carbons (Fsp3) is 0.923. The first-order valence-electron chi connectivity index (χ1n) is 13.0. The third-order valence-electron chi connectivity index (χ3n) is 10.9. The van der Waals surface area contributed by atoms with Gasteiger partial charge in [0.25, 0.3) is 0 Å². The van der Waals surface area contributed by atoms with E-state index in [2.05, 4.69) is 27.4 Å². The van der Waals surface area contributed by atoms with Crippen molar-refractivity contribution < 1.29 is 45.2 Å². The lowest BCUT2D eigenvalue weighted by Gasteiger charge is -2.66. The summed E-state index contributed by atoms with van der Waals surface area (Å²) >= 11 is 0. The molecule has 5 fully saturated rings. The molecule has 0 amide bonds. The minimum absolute atomic E-state index is 0.121. The molecule has 5 aliphatic rings. The van der Waals surface area contributed by atoms with Gasteiger partial charge in [-0.25, -0.2) is 0 Å². The molecule has 35 heavy (non-hydrogen) atoms. The lowest BCUT2D eigenvalue weighted by molar-refractivity contribution is -0.331. The summed E-state index contributed by atoms with van der Waals surface area (Å²) in [4.78, 5) is 0. The van der Waals surface area contributed by atoms with Crippen LogP contribution in [0.2, 0.25) is 0 Å². The Bertz CT molecular complexity index is 862. The maximum absolute atomic E-state index is 11.4. The zero-order chi connectivity index (χ0) is 25.7. The maximum Gasteiger partial charge on any atom is 0.186 e. The number of ether oxygens (including phenoxy) is 2. The summed E-state index contributed by atoms with van der Waals surface area (Å²) in [5.41, 5.74) is -2.11. The lowest BCUT2D eigenvalue weighted by Crippen LogP contribution is -2.66. The molecule has 7 N–H and O–H groups in total. The van der Waals surface area contributed by atoms with Crippen molar-refractivity contribution in [3.8, 4) is 0 Å². The highest BCUT2D eigenvalue weighted by Crippen LogP contribution is 2.73. The van der Waals surface area contributed by atoms with Gasteiger partial charge >= 0.3 is 0 Å². The SMILES string of the molecule is C=C1C(O)[C@@]23CC[C@@H]4C(C)(C)C(O[C@@H]5O[C@H](CO)[C@@H](O)[C@@H](O)[C@H]5O)CCC4(C)[C@@H]2[C@@H](O)C[C@]1(O)C3. The molecule has 9 nitrogen and oxygen atoms in total. The summed E-state index contributed by atoms with van der Waals surface area (Å²) in [5.74, 6) is -0.0769. The molecular formula is C26H42O9. The summed E-state index contributed by atoms with van der Waals surface area (Å²) in [5, 5.41) is 74.1. The van der Waals surface area contributed by atoms with Crippen molar-refractivity contribution in [1.82, 2.24) is 0 Å². The topological polar surface area (TPSA) is 160 Å². The molecule has 1 aliphatic heterocycles. The summed E-state index contributed by atoms with van der Waals surface area (Å²) in [6.45, 7) is 9.90. The molecule has 9 heteroatoms. The van der Waals surface area contributed by atoms with Crippen LogP contribution < -0.4 is 0 Å². The van der Waals surface area contributed by atoms with E-state index in [1.165, 1.54) is 0 Å². The van der Waals surface area contributed by atoms with E-state index >= 15 is 0 Å². The Kier molecular flexibility index (Phi) is 6.08. The Labute approximate surface area is 206 Å². The Morgan fingerprint density at radius 1 is 1.00 bits per heavy atom. The van der Waals surface area contributed by atoms with Crippen LogP contribution in [0.5, 0.6) is 0 Å². The summed E-state index contributed by atoms with van der Waals surface area (Å²) in [6, 6.07) is 0. The van der Waals surface area contributed by atoms with Gasteiger partial charge < -0.3 is 45.2 Å². The van der Waals surface area contributed by atoms with Crippen LogP contribution in [0, 0.1) is 28.1 Å². The van der Waals surface area contributed by atoms with Gasteiger partial charge in [0.05, 0.1) is 30.5 Å². The highest BCUT2D eigenvalue weighted by Gasteiger charge is 2.72. The second-order valence-electron chi connectivity index (χ2n) is 12.9. The highest BCUT2D eigenvalue weighted by atomic mass is 16.7. The number of aliphatic hydroxyl groups is 7. The van der Waals surface area contributed by atoms with Gasteiger partial charge in [-0.05, 0) is 60.3 Å². The Morgan fingerprint density at radius 2 is 1.69 bits per heavy atom. The standard InChI is InChI=1S/C26H42O9/c1-12-21(32)25-8-5-15-23(2,3)16(35-22-19(31)18(30)17(29)14(10-27)34-22)6-7-24(15,4)20(25)13(28)9-26(12,33)11-25/h13-22,27-33H,1,5-11H2,2-4H3/t13-,14+,15+,16?,17+,18+,19+,20-,21?,22-,24?,25+,26-/m0/s1. The smallest absolute Gasteiger partial charge is 0.186 e. The fourth-order valence-corrected chi connectivity index (χ4v) is 9.30. The van der Waals surface area contributed by atoms with Gasteiger partial charge in [-0.2, -0.15) is 0 Å². The molecule has 1 spiro atoms. The van der Waals surface area contributed by atoms with Crippen LogP contribution >= 0.6 is 0 Å². The van der Waals surface area contributed by atoms with Gasteiger partial charge in [0.1, 0.15) is 24.4 Å². The van der Waals surface area contributed by atoms with Gasteiger partial charge in [-0.3, -0.25) is 0 Å². The first-order valence-corrected chi connectivity index (χ1v) is 13.0. The van der Waals surface area contributed by atoms with Gasteiger partial charge in [0.2, 0.25) is 0 Å². The number of fused-ring (bicyclic) bond motifs is 3. The number of aliphatic hydroxyl groups excluding tert-OH is 6. The van der Waals surface area contributed by atoms with E-state index in [0.717, 1.165) is 6.42 Å². The van der Waals surface area contributed by atoms with Crippen LogP contribution in [-0.2, 0) is 9.47 Å². The average molecular weight is 499 g/mol. The zero-order valence-corrected chi connectivity index (χ0v) is 20.9. The minimum Gasteiger partial charge on any atom is -0.394 e. The summed E-state index contributed by atoms with van der Waals surface area (Å²) in [7, 11) is 0. The van der Waals surface area contributed by atoms with Crippen molar-refractivity contribution in [3.63, 3.8) is 0 Å². The summed E-state index contributed by atoms with van der Waals surface area (Å²) < 4.78 is 11.9. The third kappa shape index (κ3) is 3.40. The molecule has 5 rings (SSSR count). The monoisotopic (exact) mass is 498 g/mol. The van der Waals surface area contributed by atoms with Crippen LogP contribution in [0.1, 0.15) is 59.3 Å². The van der Waals surface area contributed by atoms with E-state index in [1.54, 1.807) is 0 Å². The van der Waals surface area contributed by atoms with Crippen molar-refractivity contribution in [2.45, 2.75) is 114 Å². The molecule has 0 aromatic rings. The van der Waals surface area contributed by atoms with E-state index < -0.39 is 66.0 Å². The van der Waals surface area contributed by atoms with E-state index in [-0.39, 0.29) is 29.8 Å². The first-order chi connectivity index (χ1) is 16.2. The highest BCUT2D eigenvalue weighted by molar-refractivity contribution is 5.35. The van der Waals surface area contributed by atoms with Gasteiger partial charge in [-0.15, -0.1) is 0 Å². The van der Waals surface area contributed by atoms with E-state index in [4.69, 9.17) is 9.47 Å². The maximum atomic E-state index is 11.4. The molecule has 13 atom stereocenters. The van der Waals surface area contributed by atoms with Crippen LogP contribution in [0.3, 0.4) is 0 Å². The molecule has 2 bridgehead atoms. The van der Waals surface area contributed by atoms with Crippen molar-refractivity contribution in [1.29, 1.82) is 0 Å². The molecular weight excluding hydrogens is 456 g/mol. The van der Waals surface area contributed by atoms with Crippen molar-refractivity contribution in [3.05, 3.63) is 12.2 Å². The number of hydrogen-bond acceptors (Lipinski definition) is 9. The van der Waals surface area contributed by atoms with Crippen LogP contribution in [0.4, 0.5) is 0 Å². The van der Waals surface area contributed by atoms with Crippen molar-refractivity contribution >= 4 is 0 Å². The molecule has 200 valence electrons. The van der Waals surface area contributed by atoms with E-state index in [0.29, 0.717) is 31.3 Å². The first kappa shape index (κ1) is 26.0. The minimum atomic E-state index is -1.49. The molecule has 0 aromatic heterocycles. The lowest BCUT2D eigenvalue weighted by atomic mass is 9.40. The Hall–Kier alpha value is -0.620. The zero-order valence-electron chi connectivity index (χ0n) is 20.9. The predicted octanol–water partition coefficient (Wildman–Crippen LogP) is -0.173.